The van der Waals surface area contributed by atoms with Crippen LogP contribution >= 0.6 is 11.6 Å². The third-order valence-electron chi connectivity index (χ3n) is 3.74. The van der Waals surface area contributed by atoms with Crippen LogP contribution in [-0.4, -0.2) is 17.5 Å². The van der Waals surface area contributed by atoms with Crippen molar-refractivity contribution in [3.63, 3.8) is 0 Å². The van der Waals surface area contributed by atoms with E-state index in [1.165, 1.54) is 19.1 Å². The standard InChI is InChI=1S/C17H13ClFNO3/c1-17(9-10-4-2-3-5-12(10)15(21)23-17)16(22)20-14-7-6-11(19)8-13(14)18/h2-8H,9H2,1H3,(H,20,22). The highest BCUT2D eigenvalue weighted by Crippen LogP contribution is 2.30. The Hall–Kier alpha value is -2.40. The van der Waals surface area contributed by atoms with Gasteiger partial charge in [-0.2, -0.15) is 0 Å². The maximum absolute atomic E-state index is 13.1. The molecule has 1 aliphatic rings. The van der Waals surface area contributed by atoms with Crippen LogP contribution in [0.15, 0.2) is 42.5 Å². The molecular weight excluding hydrogens is 321 g/mol. The van der Waals surface area contributed by atoms with Gasteiger partial charge in [0.1, 0.15) is 5.82 Å². The van der Waals surface area contributed by atoms with Gasteiger partial charge in [-0.1, -0.05) is 29.8 Å². The topological polar surface area (TPSA) is 55.4 Å². The third-order valence-corrected chi connectivity index (χ3v) is 4.06. The van der Waals surface area contributed by atoms with Gasteiger partial charge in [0.2, 0.25) is 0 Å². The highest BCUT2D eigenvalue weighted by Gasteiger charge is 2.42. The molecule has 0 radical (unpaired) electrons. The summed E-state index contributed by atoms with van der Waals surface area (Å²) >= 11 is 5.91. The minimum atomic E-state index is -1.36. The zero-order chi connectivity index (χ0) is 16.6. The highest BCUT2D eigenvalue weighted by molar-refractivity contribution is 6.33. The molecular formula is C17H13ClFNO3. The van der Waals surface area contributed by atoms with Gasteiger partial charge in [-0.3, -0.25) is 4.79 Å². The number of halogens is 2. The number of nitrogens with one attached hydrogen (secondary N) is 1. The molecule has 0 bridgehead atoms. The smallest absolute Gasteiger partial charge is 0.339 e. The van der Waals surface area contributed by atoms with Crippen molar-refractivity contribution in [2.75, 3.05) is 5.32 Å². The number of amides is 1. The molecule has 0 saturated carbocycles. The summed E-state index contributed by atoms with van der Waals surface area (Å²) in [6.45, 7) is 1.54. The van der Waals surface area contributed by atoms with Crippen molar-refractivity contribution in [2.24, 2.45) is 0 Å². The predicted octanol–water partition coefficient (Wildman–Crippen LogP) is 3.59. The molecule has 1 unspecified atom stereocenters. The van der Waals surface area contributed by atoms with Crippen molar-refractivity contribution in [2.45, 2.75) is 18.9 Å². The number of hydrogen-bond donors (Lipinski definition) is 1. The lowest BCUT2D eigenvalue weighted by atomic mass is 9.89. The minimum Gasteiger partial charge on any atom is -0.445 e. The molecule has 1 N–H and O–H groups in total. The number of anilines is 1. The minimum absolute atomic E-state index is 0.0736. The molecule has 1 aliphatic heterocycles. The van der Waals surface area contributed by atoms with Crippen LogP contribution in [0.25, 0.3) is 0 Å². The largest absolute Gasteiger partial charge is 0.445 e. The van der Waals surface area contributed by atoms with Crippen LogP contribution in [0.4, 0.5) is 10.1 Å². The van der Waals surface area contributed by atoms with Gasteiger partial charge in [0, 0.05) is 6.42 Å². The first-order chi connectivity index (χ1) is 10.9. The van der Waals surface area contributed by atoms with E-state index in [1.54, 1.807) is 24.3 Å². The average Bonchev–Trinajstić information content (AvgIpc) is 2.50. The number of ether oxygens (including phenoxy) is 1. The molecule has 0 aliphatic carbocycles. The van der Waals surface area contributed by atoms with Gasteiger partial charge in [0.05, 0.1) is 16.3 Å². The van der Waals surface area contributed by atoms with Crippen molar-refractivity contribution in [1.82, 2.24) is 0 Å². The normalized spacial score (nSPS) is 19.7. The van der Waals surface area contributed by atoms with E-state index >= 15 is 0 Å². The van der Waals surface area contributed by atoms with E-state index in [9.17, 15) is 14.0 Å². The summed E-state index contributed by atoms with van der Waals surface area (Å²) in [5.74, 6) is -1.57. The fraction of sp³-hybridized carbons (Fsp3) is 0.176. The van der Waals surface area contributed by atoms with Crippen LogP contribution in [0, 0.1) is 5.82 Å². The maximum atomic E-state index is 13.1. The van der Waals surface area contributed by atoms with E-state index in [4.69, 9.17) is 16.3 Å². The van der Waals surface area contributed by atoms with Crippen molar-refractivity contribution in [3.8, 4) is 0 Å². The molecule has 1 heterocycles. The highest BCUT2D eigenvalue weighted by atomic mass is 35.5. The SMILES string of the molecule is CC1(C(=O)Nc2ccc(F)cc2Cl)Cc2ccccc2C(=O)O1. The summed E-state index contributed by atoms with van der Waals surface area (Å²) in [6, 6.07) is 10.6. The lowest BCUT2D eigenvalue weighted by Crippen LogP contribution is -2.48. The summed E-state index contributed by atoms with van der Waals surface area (Å²) < 4.78 is 18.4. The molecule has 3 rings (SSSR count). The first kappa shape index (κ1) is 15.5. The molecule has 0 saturated heterocycles. The average molecular weight is 334 g/mol. The van der Waals surface area contributed by atoms with E-state index in [-0.39, 0.29) is 17.1 Å². The fourth-order valence-electron chi connectivity index (χ4n) is 2.50. The van der Waals surface area contributed by atoms with Crippen LogP contribution in [-0.2, 0) is 16.0 Å². The Kier molecular flexibility index (Phi) is 3.82. The molecule has 1 atom stereocenters. The zero-order valence-electron chi connectivity index (χ0n) is 12.2. The van der Waals surface area contributed by atoms with E-state index in [0.29, 0.717) is 5.56 Å². The Morgan fingerprint density at radius 3 is 2.78 bits per heavy atom. The third kappa shape index (κ3) is 2.92. The van der Waals surface area contributed by atoms with Crippen LogP contribution in [0.3, 0.4) is 0 Å². The number of benzene rings is 2. The molecule has 23 heavy (non-hydrogen) atoms. The van der Waals surface area contributed by atoms with Crippen molar-refractivity contribution >= 4 is 29.2 Å². The second-order valence-electron chi connectivity index (χ2n) is 5.53. The van der Waals surface area contributed by atoms with Gasteiger partial charge in [-0.25, -0.2) is 9.18 Å². The van der Waals surface area contributed by atoms with Crippen LogP contribution < -0.4 is 5.32 Å². The van der Waals surface area contributed by atoms with Crippen molar-refractivity contribution < 1.29 is 18.7 Å². The van der Waals surface area contributed by atoms with Crippen LogP contribution in [0.2, 0.25) is 5.02 Å². The molecule has 2 aromatic carbocycles. The van der Waals surface area contributed by atoms with Gasteiger partial charge in [-0.15, -0.1) is 0 Å². The molecule has 118 valence electrons. The van der Waals surface area contributed by atoms with Crippen molar-refractivity contribution in [1.29, 1.82) is 0 Å². The number of cyclic esters (lactones) is 1. The number of rotatable bonds is 2. The van der Waals surface area contributed by atoms with E-state index in [2.05, 4.69) is 5.32 Å². The van der Waals surface area contributed by atoms with Gasteiger partial charge in [0.15, 0.2) is 5.60 Å². The first-order valence-electron chi connectivity index (χ1n) is 6.97. The first-order valence-corrected chi connectivity index (χ1v) is 7.34. The van der Waals surface area contributed by atoms with Gasteiger partial charge in [0.25, 0.3) is 5.91 Å². The van der Waals surface area contributed by atoms with E-state index in [1.807, 2.05) is 0 Å². The van der Waals surface area contributed by atoms with Crippen LogP contribution in [0.5, 0.6) is 0 Å². The monoisotopic (exact) mass is 333 g/mol. The molecule has 0 spiro atoms. The zero-order valence-corrected chi connectivity index (χ0v) is 13.0. The van der Waals surface area contributed by atoms with Crippen LogP contribution in [0.1, 0.15) is 22.8 Å². The second kappa shape index (κ2) is 5.66. The molecule has 2 aromatic rings. The Morgan fingerprint density at radius 1 is 1.30 bits per heavy atom. The van der Waals surface area contributed by atoms with Gasteiger partial charge in [-0.05, 0) is 36.8 Å². The summed E-state index contributed by atoms with van der Waals surface area (Å²) in [7, 11) is 0. The number of carbonyl (C=O) groups is 2. The number of hydrogen-bond acceptors (Lipinski definition) is 3. The van der Waals surface area contributed by atoms with Crippen molar-refractivity contribution in [3.05, 3.63) is 64.4 Å². The summed E-state index contributed by atoms with van der Waals surface area (Å²) in [6.07, 6.45) is 0.250. The summed E-state index contributed by atoms with van der Waals surface area (Å²) in [5.41, 5.74) is 0.0989. The van der Waals surface area contributed by atoms with E-state index < -0.39 is 23.3 Å². The quantitative estimate of drug-likeness (QED) is 0.854. The maximum Gasteiger partial charge on any atom is 0.339 e. The lowest BCUT2D eigenvalue weighted by molar-refractivity contribution is -0.134. The number of esters is 1. The Balaban J connectivity index is 1.86. The van der Waals surface area contributed by atoms with Gasteiger partial charge >= 0.3 is 5.97 Å². The second-order valence-corrected chi connectivity index (χ2v) is 5.94. The fourth-order valence-corrected chi connectivity index (χ4v) is 2.72. The molecule has 6 heteroatoms. The number of carbonyl (C=O) groups excluding carboxylic acids is 2. The lowest BCUT2D eigenvalue weighted by Gasteiger charge is -2.33. The Labute approximate surface area is 137 Å². The molecule has 0 aromatic heterocycles. The number of fused-ring (bicyclic) bond motifs is 1. The molecule has 1 amide bonds. The molecule has 4 nitrogen and oxygen atoms in total. The Bertz CT molecular complexity index is 808. The Morgan fingerprint density at radius 2 is 2.04 bits per heavy atom. The predicted molar refractivity (Wildman–Crippen MR) is 84.0 cm³/mol. The van der Waals surface area contributed by atoms with Gasteiger partial charge < -0.3 is 10.1 Å². The van der Waals surface area contributed by atoms with E-state index in [0.717, 1.165) is 11.6 Å². The summed E-state index contributed by atoms with van der Waals surface area (Å²) in [4.78, 5) is 24.6. The summed E-state index contributed by atoms with van der Waals surface area (Å²) in [5, 5.41) is 2.66. The molecule has 0 fully saturated rings.